The van der Waals surface area contributed by atoms with Crippen LogP contribution in [0.15, 0.2) is 53.6 Å². The zero-order valence-electron chi connectivity index (χ0n) is 16.5. The standard InChI is InChI=1S/C21H22N4O4/c1-14-6-4-9-18-20(14)22-13-24(21(18)27)11-10-19(26)23(3)15(2)16-7-5-8-17(12-16)25(28)29/h4-9,12-13,15H,10-11H2,1-3H3/t15-/m0/s1. The summed E-state index contributed by atoms with van der Waals surface area (Å²) in [5.74, 6) is -0.166. The van der Waals surface area contributed by atoms with E-state index in [4.69, 9.17) is 0 Å². The monoisotopic (exact) mass is 394 g/mol. The van der Waals surface area contributed by atoms with E-state index in [0.717, 1.165) is 5.56 Å². The summed E-state index contributed by atoms with van der Waals surface area (Å²) in [5, 5.41) is 11.5. The molecule has 1 atom stereocenters. The molecule has 3 aromatic rings. The number of non-ortho nitro benzene ring substituents is 1. The maximum absolute atomic E-state index is 12.7. The SMILES string of the molecule is Cc1cccc2c(=O)n(CCC(=O)N(C)[C@@H](C)c3cccc([N+](=O)[O-])c3)cnc12. The summed E-state index contributed by atoms with van der Waals surface area (Å²) >= 11 is 0. The minimum absolute atomic E-state index is 0.0146. The molecule has 0 saturated heterocycles. The Morgan fingerprint density at radius 2 is 2.00 bits per heavy atom. The number of carbonyl (C=O) groups excluding carboxylic acids is 1. The number of nitrogens with zero attached hydrogens (tertiary/aromatic N) is 4. The number of nitro groups is 1. The van der Waals surface area contributed by atoms with Crippen LogP contribution in [0.1, 0.15) is 30.5 Å². The van der Waals surface area contributed by atoms with Crippen molar-refractivity contribution in [3.63, 3.8) is 0 Å². The zero-order chi connectivity index (χ0) is 21.1. The molecule has 29 heavy (non-hydrogen) atoms. The molecule has 0 spiro atoms. The predicted octanol–water partition coefficient (Wildman–Crippen LogP) is 3.22. The Morgan fingerprint density at radius 1 is 1.28 bits per heavy atom. The average molecular weight is 394 g/mol. The Labute approximate surface area is 167 Å². The number of carbonyl (C=O) groups is 1. The van der Waals surface area contributed by atoms with Crippen molar-refractivity contribution in [3.05, 3.63) is 80.4 Å². The second kappa shape index (κ2) is 8.22. The van der Waals surface area contributed by atoms with Gasteiger partial charge in [-0.2, -0.15) is 0 Å². The van der Waals surface area contributed by atoms with Crippen molar-refractivity contribution in [2.75, 3.05) is 7.05 Å². The van der Waals surface area contributed by atoms with Gasteiger partial charge in [-0.25, -0.2) is 4.98 Å². The van der Waals surface area contributed by atoms with E-state index in [1.807, 2.05) is 26.0 Å². The molecule has 1 heterocycles. The van der Waals surface area contributed by atoms with Gasteiger partial charge < -0.3 is 4.90 Å². The first-order valence-corrected chi connectivity index (χ1v) is 9.24. The Morgan fingerprint density at radius 3 is 2.72 bits per heavy atom. The third kappa shape index (κ3) is 4.16. The van der Waals surface area contributed by atoms with E-state index in [0.29, 0.717) is 16.5 Å². The molecule has 0 fully saturated rings. The first-order valence-electron chi connectivity index (χ1n) is 9.24. The van der Waals surface area contributed by atoms with Crippen LogP contribution in [0, 0.1) is 17.0 Å². The molecule has 1 aromatic heterocycles. The van der Waals surface area contributed by atoms with E-state index in [1.165, 1.54) is 27.9 Å². The van der Waals surface area contributed by atoms with Crippen molar-refractivity contribution in [3.8, 4) is 0 Å². The third-order valence-electron chi connectivity index (χ3n) is 5.16. The van der Waals surface area contributed by atoms with Gasteiger partial charge in [0.25, 0.3) is 11.2 Å². The molecule has 0 aliphatic carbocycles. The highest BCUT2D eigenvalue weighted by Crippen LogP contribution is 2.23. The van der Waals surface area contributed by atoms with Gasteiger partial charge in [0.2, 0.25) is 5.91 Å². The van der Waals surface area contributed by atoms with E-state index in [1.54, 1.807) is 25.2 Å². The molecule has 0 radical (unpaired) electrons. The second-order valence-electron chi connectivity index (χ2n) is 7.00. The van der Waals surface area contributed by atoms with E-state index in [9.17, 15) is 19.7 Å². The lowest BCUT2D eigenvalue weighted by Crippen LogP contribution is -2.31. The lowest BCUT2D eigenvalue weighted by molar-refractivity contribution is -0.384. The topological polar surface area (TPSA) is 98.3 Å². The van der Waals surface area contributed by atoms with Gasteiger partial charge in [0, 0.05) is 32.1 Å². The molecular formula is C21H22N4O4. The fourth-order valence-corrected chi connectivity index (χ4v) is 3.23. The largest absolute Gasteiger partial charge is 0.339 e. The van der Waals surface area contributed by atoms with Gasteiger partial charge in [-0.05, 0) is 31.0 Å². The highest BCUT2D eigenvalue weighted by atomic mass is 16.6. The van der Waals surface area contributed by atoms with Crippen molar-refractivity contribution < 1.29 is 9.72 Å². The molecule has 0 unspecified atom stereocenters. The Hall–Kier alpha value is -3.55. The zero-order valence-corrected chi connectivity index (χ0v) is 16.5. The van der Waals surface area contributed by atoms with Gasteiger partial charge in [0.05, 0.1) is 28.2 Å². The predicted molar refractivity (Wildman–Crippen MR) is 110 cm³/mol. The van der Waals surface area contributed by atoms with Crippen LogP contribution >= 0.6 is 0 Å². The van der Waals surface area contributed by atoms with Crippen molar-refractivity contribution >= 4 is 22.5 Å². The van der Waals surface area contributed by atoms with Gasteiger partial charge >= 0.3 is 0 Å². The van der Waals surface area contributed by atoms with Crippen LogP contribution in [0.5, 0.6) is 0 Å². The van der Waals surface area contributed by atoms with Crippen molar-refractivity contribution in [1.82, 2.24) is 14.5 Å². The van der Waals surface area contributed by atoms with E-state index < -0.39 is 4.92 Å². The Kier molecular flexibility index (Phi) is 5.72. The smallest absolute Gasteiger partial charge is 0.269 e. The molecule has 1 amide bonds. The molecule has 0 N–H and O–H groups in total. The number of hydrogen-bond donors (Lipinski definition) is 0. The molecule has 2 aromatic carbocycles. The number of aryl methyl sites for hydroxylation is 2. The summed E-state index contributed by atoms with van der Waals surface area (Å²) in [5.41, 5.74) is 2.07. The highest BCUT2D eigenvalue weighted by molar-refractivity contribution is 5.80. The summed E-state index contributed by atoms with van der Waals surface area (Å²) in [6, 6.07) is 11.3. The summed E-state index contributed by atoms with van der Waals surface area (Å²) < 4.78 is 1.44. The lowest BCUT2D eigenvalue weighted by Gasteiger charge is -2.25. The van der Waals surface area contributed by atoms with Crippen molar-refractivity contribution in [1.29, 1.82) is 0 Å². The fourth-order valence-electron chi connectivity index (χ4n) is 3.23. The quantitative estimate of drug-likeness (QED) is 0.472. The lowest BCUT2D eigenvalue weighted by atomic mass is 10.1. The Balaban J connectivity index is 1.73. The van der Waals surface area contributed by atoms with E-state index in [2.05, 4.69) is 4.98 Å². The van der Waals surface area contributed by atoms with Gasteiger partial charge in [-0.1, -0.05) is 24.3 Å². The molecule has 150 valence electrons. The van der Waals surface area contributed by atoms with Crippen molar-refractivity contribution in [2.24, 2.45) is 0 Å². The van der Waals surface area contributed by atoms with Gasteiger partial charge in [-0.15, -0.1) is 0 Å². The first kappa shape index (κ1) is 20.2. The molecule has 8 heteroatoms. The average Bonchev–Trinajstić information content (AvgIpc) is 2.72. The fraction of sp³-hybridized carbons (Fsp3) is 0.286. The summed E-state index contributed by atoms with van der Waals surface area (Å²) in [7, 11) is 1.65. The molecule has 0 bridgehead atoms. The maximum atomic E-state index is 12.7. The number of amides is 1. The molecule has 8 nitrogen and oxygen atoms in total. The number of rotatable bonds is 6. The van der Waals surface area contributed by atoms with Crippen LogP contribution in [-0.4, -0.2) is 32.3 Å². The first-order chi connectivity index (χ1) is 13.8. The van der Waals surface area contributed by atoms with Gasteiger partial charge in [-0.3, -0.25) is 24.3 Å². The summed E-state index contributed by atoms with van der Waals surface area (Å²) in [6.07, 6.45) is 1.59. The van der Waals surface area contributed by atoms with Crippen LogP contribution in [0.2, 0.25) is 0 Å². The van der Waals surface area contributed by atoms with E-state index >= 15 is 0 Å². The molecule has 0 aliphatic rings. The van der Waals surface area contributed by atoms with Crippen LogP contribution in [0.4, 0.5) is 5.69 Å². The van der Waals surface area contributed by atoms with Gasteiger partial charge in [0.15, 0.2) is 0 Å². The van der Waals surface area contributed by atoms with Gasteiger partial charge in [0.1, 0.15) is 0 Å². The number of fused-ring (bicyclic) bond motifs is 1. The molecule has 0 saturated carbocycles. The number of para-hydroxylation sites is 1. The maximum Gasteiger partial charge on any atom is 0.269 e. The second-order valence-corrected chi connectivity index (χ2v) is 7.00. The third-order valence-corrected chi connectivity index (χ3v) is 5.16. The number of hydrogen-bond acceptors (Lipinski definition) is 5. The summed E-state index contributed by atoms with van der Waals surface area (Å²) in [6.45, 7) is 3.91. The van der Waals surface area contributed by atoms with Crippen LogP contribution in [-0.2, 0) is 11.3 Å². The normalized spacial score (nSPS) is 12.0. The summed E-state index contributed by atoms with van der Waals surface area (Å²) in [4.78, 5) is 41.7. The number of benzene rings is 2. The highest BCUT2D eigenvalue weighted by Gasteiger charge is 2.19. The van der Waals surface area contributed by atoms with Crippen LogP contribution < -0.4 is 5.56 Å². The molecular weight excluding hydrogens is 372 g/mol. The molecule has 3 rings (SSSR count). The Bertz CT molecular complexity index is 1140. The molecule has 0 aliphatic heterocycles. The van der Waals surface area contributed by atoms with Crippen LogP contribution in [0.3, 0.4) is 0 Å². The van der Waals surface area contributed by atoms with Crippen LogP contribution in [0.25, 0.3) is 10.9 Å². The number of nitro benzene ring substituents is 1. The van der Waals surface area contributed by atoms with E-state index in [-0.39, 0.29) is 36.2 Å². The minimum Gasteiger partial charge on any atom is -0.339 e. The van der Waals surface area contributed by atoms with Crippen molar-refractivity contribution in [2.45, 2.75) is 32.9 Å². The number of aromatic nitrogens is 2. The minimum atomic E-state index is -0.459.